The maximum atomic E-state index is 5.69. The zero-order chi connectivity index (χ0) is 17.2. The standard InChI is InChI=1S/C18H26N4OS/c1-4-19-18(22(3)12-17-14-24-15(2)21-17)20-10-11-23-13-16-8-6-5-7-9-16/h5-9,14H,4,10-13H2,1-3H3,(H,19,20). The van der Waals surface area contributed by atoms with Crippen molar-refractivity contribution in [2.45, 2.75) is 27.0 Å². The van der Waals surface area contributed by atoms with Gasteiger partial charge >= 0.3 is 0 Å². The molecule has 1 N–H and O–H groups in total. The van der Waals surface area contributed by atoms with Crippen molar-refractivity contribution in [2.24, 2.45) is 4.99 Å². The summed E-state index contributed by atoms with van der Waals surface area (Å²) < 4.78 is 5.69. The van der Waals surface area contributed by atoms with Crippen molar-refractivity contribution in [3.8, 4) is 0 Å². The van der Waals surface area contributed by atoms with Gasteiger partial charge < -0.3 is 15.0 Å². The van der Waals surface area contributed by atoms with E-state index in [1.54, 1.807) is 11.3 Å². The van der Waals surface area contributed by atoms with E-state index in [-0.39, 0.29) is 0 Å². The molecule has 1 heterocycles. The molecule has 0 saturated heterocycles. The number of nitrogens with zero attached hydrogens (tertiary/aromatic N) is 3. The highest BCUT2D eigenvalue weighted by atomic mass is 32.1. The molecule has 1 aromatic carbocycles. The van der Waals surface area contributed by atoms with Crippen molar-refractivity contribution in [2.75, 3.05) is 26.7 Å². The van der Waals surface area contributed by atoms with Crippen molar-refractivity contribution in [3.05, 3.63) is 52.0 Å². The lowest BCUT2D eigenvalue weighted by molar-refractivity contribution is 0.128. The Bertz CT molecular complexity index is 627. The van der Waals surface area contributed by atoms with Crippen LogP contribution in [0.25, 0.3) is 0 Å². The third kappa shape index (κ3) is 6.29. The first kappa shape index (κ1) is 18.4. The number of hydrogen-bond donors (Lipinski definition) is 1. The largest absolute Gasteiger partial charge is 0.375 e. The molecule has 0 fully saturated rings. The summed E-state index contributed by atoms with van der Waals surface area (Å²) >= 11 is 1.68. The quantitative estimate of drug-likeness (QED) is 0.453. The molecule has 2 rings (SSSR count). The zero-order valence-electron chi connectivity index (χ0n) is 14.7. The first-order valence-corrected chi connectivity index (χ1v) is 9.09. The summed E-state index contributed by atoms with van der Waals surface area (Å²) in [6, 6.07) is 10.2. The molecule has 0 saturated carbocycles. The Morgan fingerprint density at radius 3 is 2.79 bits per heavy atom. The molecular weight excluding hydrogens is 320 g/mol. The molecule has 0 aliphatic carbocycles. The van der Waals surface area contributed by atoms with Crippen LogP contribution in [0.2, 0.25) is 0 Å². The van der Waals surface area contributed by atoms with Crippen LogP contribution in [0.15, 0.2) is 40.7 Å². The second kappa shape index (κ2) is 10.1. The number of aryl methyl sites for hydroxylation is 1. The third-order valence-corrected chi connectivity index (χ3v) is 4.19. The average Bonchev–Trinajstić information content (AvgIpc) is 2.99. The van der Waals surface area contributed by atoms with Crippen molar-refractivity contribution < 1.29 is 4.74 Å². The van der Waals surface area contributed by atoms with E-state index in [2.05, 4.69) is 44.6 Å². The van der Waals surface area contributed by atoms with Crippen LogP contribution >= 0.6 is 11.3 Å². The van der Waals surface area contributed by atoms with Crippen LogP contribution in [0.4, 0.5) is 0 Å². The van der Waals surface area contributed by atoms with Gasteiger partial charge in [0.1, 0.15) is 0 Å². The fourth-order valence-corrected chi connectivity index (χ4v) is 2.85. The summed E-state index contributed by atoms with van der Waals surface area (Å²) in [5.74, 6) is 0.881. The van der Waals surface area contributed by atoms with Crippen LogP contribution in [-0.2, 0) is 17.9 Å². The lowest BCUT2D eigenvalue weighted by atomic mass is 10.2. The van der Waals surface area contributed by atoms with Gasteiger partial charge in [-0.25, -0.2) is 4.98 Å². The van der Waals surface area contributed by atoms with E-state index in [1.165, 1.54) is 5.56 Å². The maximum absolute atomic E-state index is 5.69. The van der Waals surface area contributed by atoms with Gasteiger partial charge in [-0.3, -0.25) is 4.99 Å². The number of thiazole rings is 1. The first-order chi connectivity index (χ1) is 11.7. The van der Waals surface area contributed by atoms with Gasteiger partial charge in [-0.1, -0.05) is 30.3 Å². The fourth-order valence-electron chi connectivity index (χ4n) is 2.25. The first-order valence-electron chi connectivity index (χ1n) is 8.21. The number of aliphatic imine (C=N–C) groups is 1. The number of hydrogen-bond acceptors (Lipinski definition) is 4. The Morgan fingerprint density at radius 2 is 2.12 bits per heavy atom. The van der Waals surface area contributed by atoms with Gasteiger partial charge in [0, 0.05) is 19.0 Å². The van der Waals surface area contributed by atoms with Gasteiger partial charge in [-0.15, -0.1) is 11.3 Å². The van der Waals surface area contributed by atoms with Gasteiger partial charge in [0.15, 0.2) is 5.96 Å². The number of rotatable bonds is 8. The summed E-state index contributed by atoms with van der Waals surface area (Å²) in [6.45, 7) is 7.55. The minimum Gasteiger partial charge on any atom is -0.375 e. The minimum atomic E-state index is 0.605. The molecule has 0 aliphatic rings. The SMILES string of the molecule is CCNC(=NCCOCc1ccccc1)N(C)Cc1csc(C)n1. The minimum absolute atomic E-state index is 0.605. The molecule has 0 atom stereocenters. The number of ether oxygens (including phenoxy) is 1. The molecule has 5 nitrogen and oxygen atoms in total. The van der Waals surface area contributed by atoms with Gasteiger partial charge in [0.25, 0.3) is 0 Å². The number of benzene rings is 1. The number of nitrogens with one attached hydrogen (secondary N) is 1. The molecule has 1 aromatic heterocycles. The van der Waals surface area contributed by atoms with Crippen LogP contribution in [0, 0.1) is 6.92 Å². The lowest BCUT2D eigenvalue weighted by Gasteiger charge is -2.21. The summed E-state index contributed by atoms with van der Waals surface area (Å²) in [4.78, 5) is 11.2. The van der Waals surface area contributed by atoms with Crippen LogP contribution < -0.4 is 5.32 Å². The van der Waals surface area contributed by atoms with Gasteiger partial charge in [0.2, 0.25) is 0 Å². The van der Waals surface area contributed by atoms with E-state index in [1.807, 2.05) is 32.2 Å². The Labute approximate surface area is 148 Å². The topological polar surface area (TPSA) is 49.8 Å². The normalized spacial score (nSPS) is 11.5. The molecule has 0 aliphatic heterocycles. The molecule has 0 unspecified atom stereocenters. The van der Waals surface area contributed by atoms with Crippen LogP contribution in [0.1, 0.15) is 23.2 Å². The van der Waals surface area contributed by atoms with E-state index >= 15 is 0 Å². The van der Waals surface area contributed by atoms with E-state index in [0.29, 0.717) is 19.8 Å². The summed E-state index contributed by atoms with van der Waals surface area (Å²) in [5, 5.41) is 6.50. The number of aromatic nitrogens is 1. The van der Waals surface area contributed by atoms with E-state index in [0.717, 1.165) is 29.8 Å². The second-order valence-corrected chi connectivity index (χ2v) is 6.55. The highest BCUT2D eigenvalue weighted by molar-refractivity contribution is 7.09. The highest BCUT2D eigenvalue weighted by Crippen LogP contribution is 2.09. The summed E-state index contributed by atoms with van der Waals surface area (Å²) in [7, 11) is 2.03. The maximum Gasteiger partial charge on any atom is 0.194 e. The lowest BCUT2D eigenvalue weighted by Crippen LogP contribution is -2.38. The zero-order valence-corrected chi connectivity index (χ0v) is 15.5. The molecule has 130 valence electrons. The summed E-state index contributed by atoms with van der Waals surface area (Å²) in [5.41, 5.74) is 2.26. The van der Waals surface area contributed by atoms with E-state index in [9.17, 15) is 0 Å². The molecule has 2 aromatic rings. The Balaban J connectivity index is 1.78. The molecule has 24 heavy (non-hydrogen) atoms. The molecule has 6 heteroatoms. The van der Waals surface area contributed by atoms with E-state index < -0.39 is 0 Å². The second-order valence-electron chi connectivity index (χ2n) is 5.49. The predicted octanol–water partition coefficient (Wildman–Crippen LogP) is 3.07. The Morgan fingerprint density at radius 1 is 1.33 bits per heavy atom. The molecule has 0 bridgehead atoms. The average molecular weight is 347 g/mol. The van der Waals surface area contributed by atoms with Crippen molar-refractivity contribution >= 4 is 17.3 Å². The van der Waals surface area contributed by atoms with Crippen LogP contribution in [0.5, 0.6) is 0 Å². The van der Waals surface area contributed by atoms with Crippen LogP contribution in [0.3, 0.4) is 0 Å². The van der Waals surface area contributed by atoms with Crippen LogP contribution in [-0.4, -0.2) is 42.6 Å². The summed E-state index contributed by atoms with van der Waals surface area (Å²) in [6.07, 6.45) is 0. The van der Waals surface area contributed by atoms with Crippen molar-refractivity contribution in [1.29, 1.82) is 0 Å². The number of guanidine groups is 1. The van der Waals surface area contributed by atoms with Gasteiger partial charge in [-0.05, 0) is 19.4 Å². The molecule has 0 radical (unpaired) electrons. The molecule has 0 spiro atoms. The predicted molar refractivity (Wildman–Crippen MR) is 100 cm³/mol. The highest BCUT2D eigenvalue weighted by Gasteiger charge is 2.08. The van der Waals surface area contributed by atoms with E-state index in [4.69, 9.17) is 4.74 Å². The fraction of sp³-hybridized carbons (Fsp3) is 0.444. The van der Waals surface area contributed by atoms with Gasteiger partial charge in [-0.2, -0.15) is 0 Å². The van der Waals surface area contributed by atoms with Crippen molar-refractivity contribution in [3.63, 3.8) is 0 Å². The monoisotopic (exact) mass is 346 g/mol. The van der Waals surface area contributed by atoms with Gasteiger partial charge in [0.05, 0.1) is 37.0 Å². The molecular formula is C18H26N4OS. The Hall–Kier alpha value is -1.92. The third-order valence-electron chi connectivity index (χ3n) is 3.37. The molecule has 0 amide bonds. The Kier molecular flexibility index (Phi) is 7.71. The smallest absolute Gasteiger partial charge is 0.194 e. The van der Waals surface area contributed by atoms with Crippen molar-refractivity contribution in [1.82, 2.24) is 15.2 Å².